The predicted octanol–water partition coefficient (Wildman–Crippen LogP) is 1.42. The van der Waals surface area contributed by atoms with Gasteiger partial charge in [-0.15, -0.1) is 0 Å². The fraction of sp³-hybridized carbons (Fsp3) is 0.471. The van der Waals surface area contributed by atoms with Crippen LogP contribution in [0.25, 0.3) is 0 Å². The number of hydrogen-bond acceptors (Lipinski definition) is 6. The van der Waals surface area contributed by atoms with E-state index in [-0.39, 0.29) is 30.0 Å². The largest absolute Gasteiger partial charge is 0.343 e. The molecule has 140 valence electrons. The highest BCUT2D eigenvalue weighted by atomic mass is 32.2. The van der Waals surface area contributed by atoms with Crippen LogP contribution < -0.4 is 4.72 Å². The Labute approximate surface area is 152 Å². The van der Waals surface area contributed by atoms with Crippen molar-refractivity contribution in [3.63, 3.8) is 0 Å². The molecule has 2 heterocycles. The standard InChI is InChI=1S/C17H22N4O4S/c1-13(22)21-9-7-15(8-10-21)17-19-16(25-20-17)11-18-26(23,24)12-14-5-3-2-4-6-14/h2-6,15,18H,7-12H2,1H3. The second-order valence-corrected chi connectivity index (χ2v) is 8.20. The molecule has 1 aromatic heterocycles. The molecule has 0 aliphatic carbocycles. The van der Waals surface area contributed by atoms with Gasteiger partial charge in [0.2, 0.25) is 21.8 Å². The molecule has 3 rings (SSSR count). The maximum Gasteiger partial charge on any atom is 0.241 e. The summed E-state index contributed by atoms with van der Waals surface area (Å²) in [7, 11) is -3.49. The highest BCUT2D eigenvalue weighted by molar-refractivity contribution is 7.88. The maximum atomic E-state index is 12.1. The average Bonchev–Trinajstić information content (AvgIpc) is 3.10. The number of rotatable bonds is 6. The van der Waals surface area contributed by atoms with Gasteiger partial charge in [-0.05, 0) is 18.4 Å². The minimum Gasteiger partial charge on any atom is -0.343 e. The first kappa shape index (κ1) is 18.5. The summed E-state index contributed by atoms with van der Waals surface area (Å²) in [5.41, 5.74) is 0.712. The first-order chi connectivity index (χ1) is 12.4. The highest BCUT2D eigenvalue weighted by Crippen LogP contribution is 2.25. The van der Waals surface area contributed by atoms with Crippen LogP contribution in [-0.4, -0.2) is 42.5 Å². The van der Waals surface area contributed by atoms with E-state index in [4.69, 9.17) is 4.52 Å². The van der Waals surface area contributed by atoms with Crippen molar-refractivity contribution < 1.29 is 17.7 Å². The topological polar surface area (TPSA) is 105 Å². The zero-order valence-electron chi connectivity index (χ0n) is 14.6. The number of amides is 1. The molecule has 1 aromatic carbocycles. The van der Waals surface area contributed by atoms with Crippen molar-refractivity contribution in [1.29, 1.82) is 0 Å². The molecule has 1 N–H and O–H groups in total. The molecule has 0 spiro atoms. The van der Waals surface area contributed by atoms with Crippen molar-refractivity contribution in [3.05, 3.63) is 47.6 Å². The van der Waals surface area contributed by atoms with Crippen LogP contribution in [-0.2, 0) is 27.1 Å². The number of hydrogen-bond donors (Lipinski definition) is 1. The highest BCUT2D eigenvalue weighted by Gasteiger charge is 2.25. The SMILES string of the molecule is CC(=O)N1CCC(c2noc(CNS(=O)(=O)Cc3ccccc3)n2)CC1. The fourth-order valence-electron chi connectivity index (χ4n) is 2.97. The van der Waals surface area contributed by atoms with Crippen molar-refractivity contribution in [2.45, 2.75) is 38.0 Å². The third-order valence-electron chi connectivity index (χ3n) is 4.43. The van der Waals surface area contributed by atoms with Crippen molar-refractivity contribution in [3.8, 4) is 0 Å². The normalized spacial score (nSPS) is 16.0. The van der Waals surface area contributed by atoms with Crippen molar-refractivity contribution in [2.24, 2.45) is 0 Å². The van der Waals surface area contributed by atoms with Crippen LogP contribution >= 0.6 is 0 Å². The van der Waals surface area contributed by atoms with Gasteiger partial charge in [-0.25, -0.2) is 13.1 Å². The number of sulfonamides is 1. The van der Waals surface area contributed by atoms with Gasteiger partial charge >= 0.3 is 0 Å². The average molecular weight is 378 g/mol. The summed E-state index contributed by atoms with van der Waals surface area (Å²) in [5, 5.41) is 3.97. The summed E-state index contributed by atoms with van der Waals surface area (Å²) in [5.74, 6) is 0.920. The third-order valence-corrected chi connectivity index (χ3v) is 5.73. The number of carbonyl (C=O) groups is 1. The molecule has 0 saturated carbocycles. The van der Waals surface area contributed by atoms with E-state index in [2.05, 4.69) is 14.9 Å². The van der Waals surface area contributed by atoms with Gasteiger partial charge in [0.05, 0.1) is 12.3 Å². The molecule has 0 radical (unpaired) electrons. The predicted molar refractivity (Wildman–Crippen MR) is 94.4 cm³/mol. The molecule has 2 aromatic rings. The maximum absolute atomic E-state index is 12.1. The quantitative estimate of drug-likeness (QED) is 0.815. The Bertz CT molecular complexity index is 843. The summed E-state index contributed by atoms with van der Waals surface area (Å²) in [4.78, 5) is 17.5. The monoisotopic (exact) mass is 378 g/mol. The lowest BCUT2D eigenvalue weighted by molar-refractivity contribution is -0.129. The van der Waals surface area contributed by atoms with E-state index in [1.54, 1.807) is 36.1 Å². The fourth-order valence-corrected chi connectivity index (χ4v) is 4.05. The summed E-state index contributed by atoms with van der Waals surface area (Å²) >= 11 is 0. The van der Waals surface area contributed by atoms with Gasteiger partial charge in [-0.3, -0.25) is 4.79 Å². The Morgan fingerprint density at radius 3 is 2.62 bits per heavy atom. The van der Waals surface area contributed by atoms with Gasteiger partial charge in [0.1, 0.15) is 0 Å². The van der Waals surface area contributed by atoms with Crippen LogP contribution in [0.5, 0.6) is 0 Å². The Balaban J connectivity index is 1.53. The minimum absolute atomic E-state index is 0.0333. The van der Waals surface area contributed by atoms with Crippen LogP contribution in [0.2, 0.25) is 0 Å². The summed E-state index contributed by atoms with van der Waals surface area (Å²) in [6, 6.07) is 8.96. The van der Waals surface area contributed by atoms with E-state index >= 15 is 0 Å². The number of piperidine rings is 1. The zero-order chi connectivity index (χ0) is 18.6. The molecule has 9 heteroatoms. The Hall–Kier alpha value is -2.26. The van der Waals surface area contributed by atoms with Gasteiger partial charge in [-0.2, -0.15) is 4.98 Å². The van der Waals surface area contributed by atoms with E-state index in [0.29, 0.717) is 24.5 Å². The molecule has 1 saturated heterocycles. The second kappa shape index (κ2) is 7.96. The molecule has 0 unspecified atom stereocenters. The molecule has 26 heavy (non-hydrogen) atoms. The van der Waals surface area contributed by atoms with Crippen molar-refractivity contribution in [1.82, 2.24) is 19.8 Å². The van der Waals surface area contributed by atoms with Gasteiger partial charge in [0, 0.05) is 25.9 Å². The second-order valence-electron chi connectivity index (χ2n) is 6.39. The number of benzene rings is 1. The van der Waals surface area contributed by atoms with Crippen LogP contribution in [0.4, 0.5) is 0 Å². The van der Waals surface area contributed by atoms with Crippen molar-refractivity contribution >= 4 is 15.9 Å². The number of aromatic nitrogens is 2. The van der Waals surface area contributed by atoms with E-state index in [0.717, 1.165) is 12.8 Å². The first-order valence-corrected chi connectivity index (χ1v) is 10.2. The third kappa shape index (κ3) is 4.89. The summed E-state index contributed by atoms with van der Waals surface area (Å²) in [6.07, 6.45) is 1.55. The Morgan fingerprint density at radius 2 is 1.96 bits per heavy atom. The molecule has 0 atom stereocenters. The smallest absolute Gasteiger partial charge is 0.241 e. The summed E-state index contributed by atoms with van der Waals surface area (Å²) < 4.78 is 31.9. The molecule has 1 aliphatic heterocycles. The van der Waals surface area contributed by atoms with E-state index in [1.165, 1.54) is 0 Å². The number of carbonyl (C=O) groups excluding carboxylic acids is 1. The molecule has 1 amide bonds. The summed E-state index contributed by atoms with van der Waals surface area (Å²) in [6.45, 7) is 2.88. The zero-order valence-corrected chi connectivity index (χ0v) is 15.4. The lowest BCUT2D eigenvalue weighted by Crippen LogP contribution is -2.36. The van der Waals surface area contributed by atoms with Gasteiger partial charge in [-0.1, -0.05) is 35.5 Å². The lowest BCUT2D eigenvalue weighted by Gasteiger charge is -2.29. The van der Waals surface area contributed by atoms with E-state index in [9.17, 15) is 13.2 Å². The van der Waals surface area contributed by atoms with Crippen LogP contribution in [0.3, 0.4) is 0 Å². The van der Waals surface area contributed by atoms with Gasteiger partial charge < -0.3 is 9.42 Å². The Kier molecular flexibility index (Phi) is 5.67. The molecule has 8 nitrogen and oxygen atoms in total. The molecule has 0 bridgehead atoms. The molecule has 1 fully saturated rings. The van der Waals surface area contributed by atoms with Crippen LogP contribution in [0, 0.1) is 0 Å². The molecular weight excluding hydrogens is 356 g/mol. The lowest BCUT2D eigenvalue weighted by atomic mass is 9.96. The first-order valence-electron chi connectivity index (χ1n) is 8.52. The van der Waals surface area contributed by atoms with Crippen LogP contribution in [0.15, 0.2) is 34.9 Å². The minimum atomic E-state index is -3.49. The van der Waals surface area contributed by atoms with E-state index in [1.807, 2.05) is 6.07 Å². The Morgan fingerprint density at radius 1 is 1.27 bits per heavy atom. The molecular formula is C17H22N4O4S. The van der Waals surface area contributed by atoms with Crippen LogP contribution in [0.1, 0.15) is 43.0 Å². The number of nitrogens with one attached hydrogen (secondary N) is 1. The van der Waals surface area contributed by atoms with Crippen molar-refractivity contribution in [2.75, 3.05) is 13.1 Å². The number of nitrogens with zero attached hydrogens (tertiary/aromatic N) is 3. The van der Waals surface area contributed by atoms with E-state index < -0.39 is 10.0 Å². The van der Waals surface area contributed by atoms with Gasteiger partial charge in [0.25, 0.3) is 0 Å². The number of likely N-dealkylation sites (tertiary alicyclic amines) is 1. The van der Waals surface area contributed by atoms with Gasteiger partial charge in [0.15, 0.2) is 5.82 Å². The molecule has 1 aliphatic rings.